The van der Waals surface area contributed by atoms with Gasteiger partial charge in [0.05, 0.1) is 0 Å². The van der Waals surface area contributed by atoms with E-state index in [1.807, 2.05) is 0 Å². The third-order valence-electron chi connectivity index (χ3n) is 1.56. The van der Waals surface area contributed by atoms with Crippen LogP contribution in [-0.2, 0) is 3.79 Å². The molecule has 0 atom stereocenters. The van der Waals surface area contributed by atoms with Crippen molar-refractivity contribution >= 4 is 69.6 Å². The van der Waals surface area contributed by atoms with Crippen molar-refractivity contribution in [3.05, 3.63) is 34.3 Å². The zero-order valence-corrected chi connectivity index (χ0v) is 11.1. The fraction of sp³-hybridized carbons (Fsp3) is 0.250. The first-order chi connectivity index (χ1) is 6.34. The first-order valence-corrected chi connectivity index (χ1v) is 5.86. The summed E-state index contributed by atoms with van der Waals surface area (Å²) in [6, 6.07) is 4.96. The fourth-order valence-electron chi connectivity index (χ4n) is 1.02. The van der Waals surface area contributed by atoms with Gasteiger partial charge in [0.1, 0.15) is 4.84 Å². The number of hydrogen-bond acceptors (Lipinski definition) is 0. The van der Waals surface area contributed by atoms with Crippen LogP contribution in [0.1, 0.15) is 16.0 Å². The molecule has 0 unspecified atom stereocenters. The average molecular weight is 313 g/mol. The Labute approximate surface area is 112 Å². The van der Waals surface area contributed by atoms with Gasteiger partial charge in [-0.25, -0.2) is 0 Å². The van der Waals surface area contributed by atoms with Gasteiger partial charge in [-0.1, -0.05) is 58.5 Å². The maximum Gasteiger partial charge on any atom is 0.217 e. The topological polar surface area (TPSA) is 0 Å². The van der Waals surface area contributed by atoms with Crippen molar-refractivity contribution < 1.29 is 0 Å². The van der Waals surface area contributed by atoms with Gasteiger partial charge in [0.15, 0.2) is 0 Å². The lowest BCUT2D eigenvalue weighted by molar-refractivity contribution is 1.16. The third-order valence-corrected chi connectivity index (χ3v) is 2.92. The van der Waals surface area contributed by atoms with Crippen LogP contribution in [0.4, 0.5) is 0 Å². The van der Waals surface area contributed by atoms with Crippen LogP contribution in [0, 0.1) is 0 Å². The molecular weight excluding hydrogens is 309 g/mol. The van der Waals surface area contributed by atoms with Crippen LogP contribution < -0.4 is 0 Å². The molecule has 0 aromatic heterocycles. The molecule has 0 amide bonds. The van der Waals surface area contributed by atoms with Crippen LogP contribution in [0.25, 0.3) is 0 Å². The SMILES string of the molecule is Clc1cccc(C(Cl)Cl)c1C(Cl)(Cl)Cl. The summed E-state index contributed by atoms with van der Waals surface area (Å²) in [5.41, 5.74) is 0.822. The van der Waals surface area contributed by atoms with E-state index in [0.29, 0.717) is 16.1 Å². The van der Waals surface area contributed by atoms with E-state index >= 15 is 0 Å². The zero-order valence-electron chi connectivity index (χ0n) is 6.58. The Balaban J connectivity index is 3.38. The number of alkyl halides is 5. The van der Waals surface area contributed by atoms with Gasteiger partial charge in [-0.3, -0.25) is 0 Å². The normalized spacial score (nSPS) is 12.2. The molecule has 0 heterocycles. The number of halogens is 6. The Hall–Kier alpha value is 0.960. The van der Waals surface area contributed by atoms with Gasteiger partial charge in [0.25, 0.3) is 0 Å². The minimum Gasteiger partial charge on any atom is -0.100 e. The summed E-state index contributed by atoms with van der Waals surface area (Å²) in [4.78, 5) is -0.778. The molecule has 6 heteroatoms. The molecule has 1 aromatic rings. The molecule has 0 radical (unpaired) electrons. The lowest BCUT2D eigenvalue weighted by Crippen LogP contribution is -2.06. The minimum atomic E-state index is -1.63. The van der Waals surface area contributed by atoms with Gasteiger partial charge < -0.3 is 0 Å². The fourth-order valence-corrected chi connectivity index (χ4v) is 2.49. The van der Waals surface area contributed by atoms with Crippen molar-refractivity contribution in [3.63, 3.8) is 0 Å². The van der Waals surface area contributed by atoms with Crippen molar-refractivity contribution in [2.24, 2.45) is 0 Å². The Morgan fingerprint density at radius 1 is 1.07 bits per heavy atom. The first-order valence-electron chi connectivity index (χ1n) is 3.48. The molecule has 0 N–H and O–H groups in total. The molecule has 0 saturated carbocycles. The second-order valence-electron chi connectivity index (χ2n) is 2.50. The van der Waals surface area contributed by atoms with Gasteiger partial charge in [0, 0.05) is 10.6 Å². The standard InChI is InChI=1S/C8H4Cl6/c9-5-3-1-2-4(7(10)11)6(5)8(12,13)14/h1-3,7H. The molecule has 1 rings (SSSR count). The predicted molar refractivity (Wildman–Crippen MR) is 65.1 cm³/mol. The van der Waals surface area contributed by atoms with E-state index in [-0.39, 0.29) is 0 Å². The summed E-state index contributed by atoms with van der Waals surface area (Å²) in [6.45, 7) is 0. The number of rotatable bonds is 1. The van der Waals surface area contributed by atoms with Crippen LogP contribution in [0.2, 0.25) is 5.02 Å². The van der Waals surface area contributed by atoms with Crippen LogP contribution in [-0.4, -0.2) is 0 Å². The van der Waals surface area contributed by atoms with Gasteiger partial charge in [0.2, 0.25) is 3.79 Å². The van der Waals surface area contributed by atoms with Gasteiger partial charge in [-0.05, 0) is 11.6 Å². The maximum absolute atomic E-state index is 5.89. The number of hydrogen-bond donors (Lipinski definition) is 0. The molecule has 14 heavy (non-hydrogen) atoms. The van der Waals surface area contributed by atoms with Gasteiger partial charge in [-0.15, -0.1) is 23.2 Å². The van der Waals surface area contributed by atoms with E-state index in [1.54, 1.807) is 18.2 Å². The Morgan fingerprint density at radius 3 is 2.00 bits per heavy atom. The maximum atomic E-state index is 5.89. The summed E-state index contributed by atoms with van der Waals surface area (Å²) in [5, 5.41) is 0.328. The van der Waals surface area contributed by atoms with Crippen LogP contribution >= 0.6 is 69.6 Å². The molecule has 0 spiro atoms. The van der Waals surface area contributed by atoms with Gasteiger partial charge >= 0.3 is 0 Å². The second kappa shape index (κ2) is 4.86. The van der Waals surface area contributed by atoms with E-state index in [9.17, 15) is 0 Å². The summed E-state index contributed by atoms with van der Waals surface area (Å²) in [6.07, 6.45) is 0. The minimum absolute atomic E-state index is 0.321. The summed E-state index contributed by atoms with van der Waals surface area (Å²) >= 11 is 34.5. The van der Waals surface area contributed by atoms with Gasteiger partial charge in [-0.2, -0.15) is 0 Å². The molecule has 0 bridgehead atoms. The smallest absolute Gasteiger partial charge is 0.100 e. The molecule has 1 aromatic carbocycles. The summed E-state index contributed by atoms with van der Waals surface area (Å²) in [7, 11) is 0. The van der Waals surface area contributed by atoms with Crippen molar-refractivity contribution in [2.75, 3.05) is 0 Å². The van der Waals surface area contributed by atoms with E-state index in [0.717, 1.165) is 0 Å². The molecule has 78 valence electrons. The van der Waals surface area contributed by atoms with Crippen molar-refractivity contribution in [3.8, 4) is 0 Å². The second-order valence-corrected chi connectivity index (χ2v) is 6.29. The zero-order chi connectivity index (χ0) is 10.9. The quantitative estimate of drug-likeness (QED) is 0.588. The summed E-state index contributed by atoms with van der Waals surface area (Å²) in [5.74, 6) is 0. The van der Waals surface area contributed by atoms with Crippen LogP contribution in [0.3, 0.4) is 0 Å². The van der Waals surface area contributed by atoms with E-state index in [2.05, 4.69) is 0 Å². The Kier molecular flexibility index (Phi) is 4.52. The Bertz CT molecular complexity index is 327. The first kappa shape index (κ1) is 13.0. The highest BCUT2D eigenvalue weighted by Gasteiger charge is 2.30. The summed E-state index contributed by atoms with van der Waals surface area (Å²) < 4.78 is -1.63. The highest BCUT2D eigenvalue weighted by atomic mass is 35.6. The highest BCUT2D eigenvalue weighted by molar-refractivity contribution is 6.67. The predicted octanol–water partition coefficient (Wildman–Crippen LogP) is 5.64. The molecule has 0 aliphatic rings. The van der Waals surface area contributed by atoms with Crippen molar-refractivity contribution in [1.29, 1.82) is 0 Å². The Morgan fingerprint density at radius 2 is 1.64 bits per heavy atom. The van der Waals surface area contributed by atoms with E-state index < -0.39 is 8.63 Å². The largest absolute Gasteiger partial charge is 0.217 e. The average Bonchev–Trinajstić information content (AvgIpc) is 2.01. The highest BCUT2D eigenvalue weighted by Crippen LogP contribution is 2.46. The molecule has 0 aliphatic carbocycles. The lowest BCUT2D eigenvalue weighted by atomic mass is 10.1. The molecule has 0 nitrogen and oxygen atoms in total. The number of benzene rings is 1. The lowest BCUT2D eigenvalue weighted by Gasteiger charge is -2.18. The molecule has 0 aliphatic heterocycles. The van der Waals surface area contributed by atoms with Crippen LogP contribution in [0.5, 0.6) is 0 Å². The molecule has 0 saturated heterocycles. The van der Waals surface area contributed by atoms with E-state index in [4.69, 9.17) is 69.6 Å². The van der Waals surface area contributed by atoms with Crippen molar-refractivity contribution in [2.45, 2.75) is 8.63 Å². The van der Waals surface area contributed by atoms with Crippen LogP contribution in [0.15, 0.2) is 18.2 Å². The third kappa shape index (κ3) is 2.98. The monoisotopic (exact) mass is 310 g/mol. The van der Waals surface area contributed by atoms with Crippen molar-refractivity contribution in [1.82, 2.24) is 0 Å². The van der Waals surface area contributed by atoms with E-state index in [1.165, 1.54) is 0 Å². The molecule has 0 fully saturated rings. The molecular formula is C8H4Cl6.